The van der Waals surface area contributed by atoms with Gasteiger partial charge in [-0.05, 0) is 49.6 Å². The topological polar surface area (TPSA) is 83.6 Å². The molecular weight excluding hydrogens is 364 g/mol. The molecule has 1 heterocycles. The van der Waals surface area contributed by atoms with Crippen LogP contribution in [0, 0.1) is 0 Å². The van der Waals surface area contributed by atoms with Gasteiger partial charge >= 0.3 is 0 Å². The lowest BCUT2D eigenvalue weighted by molar-refractivity contribution is -0.121. The molecule has 0 aliphatic carbocycles. The van der Waals surface area contributed by atoms with Gasteiger partial charge in [-0.2, -0.15) is 0 Å². The van der Waals surface area contributed by atoms with Crippen LogP contribution in [-0.2, 0) is 26.0 Å². The summed E-state index contributed by atoms with van der Waals surface area (Å²) < 4.78 is 27.8. The molecule has 1 N–H and O–H groups in total. The third-order valence-corrected chi connectivity index (χ3v) is 6.13. The first-order valence-corrected chi connectivity index (χ1v) is 10.4. The van der Waals surface area contributed by atoms with E-state index < -0.39 is 10.0 Å². The number of nitrogens with zero attached hydrogens (tertiary/aromatic N) is 1. The molecule has 0 radical (unpaired) electrons. The fourth-order valence-corrected chi connectivity index (χ4v) is 4.34. The molecule has 0 saturated carbocycles. The number of aryl methyl sites for hydroxylation is 1. The molecule has 1 aliphatic heterocycles. The zero-order chi connectivity index (χ0) is 19.4. The number of rotatable bonds is 7. The lowest BCUT2D eigenvalue weighted by Gasteiger charge is -2.16. The average Bonchev–Trinajstić information content (AvgIpc) is 2.99. The minimum atomic E-state index is -3.67. The van der Waals surface area contributed by atoms with Crippen molar-refractivity contribution in [2.45, 2.75) is 43.5 Å². The van der Waals surface area contributed by atoms with Crippen molar-refractivity contribution in [1.29, 1.82) is 0 Å². The van der Waals surface area contributed by atoms with E-state index in [0.29, 0.717) is 12.1 Å². The predicted octanol–water partition coefficient (Wildman–Crippen LogP) is 2.64. The van der Waals surface area contributed by atoms with E-state index >= 15 is 0 Å². The van der Waals surface area contributed by atoms with Gasteiger partial charge in [0.05, 0.1) is 10.6 Å². The minimum Gasteiger partial charge on any atom is -0.274 e. The van der Waals surface area contributed by atoms with E-state index in [1.54, 1.807) is 0 Å². The maximum absolute atomic E-state index is 12.6. The van der Waals surface area contributed by atoms with Gasteiger partial charge in [0.1, 0.15) is 0 Å². The lowest BCUT2D eigenvalue weighted by Crippen LogP contribution is -2.33. The highest BCUT2D eigenvalue weighted by molar-refractivity contribution is 7.89. The van der Waals surface area contributed by atoms with E-state index in [1.807, 2.05) is 37.3 Å². The zero-order valence-electron chi connectivity index (χ0n) is 15.1. The van der Waals surface area contributed by atoms with Gasteiger partial charge < -0.3 is 0 Å². The average molecular weight is 386 g/mol. The van der Waals surface area contributed by atoms with Crippen LogP contribution in [0.2, 0.25) is 0 Å². The summed E-state index contributed by atoms with van der Waals surface area (Å²) in [5.74, 6) is -0.522. The highest BCUT2D eigenvalue weighted by Crippen LogP contribution is 2.24. The highest BCUT2D eigenvalue weighted by Gasteiger charge is 2.30. The van der Waals surface area contributed by atoms with Gasteiger partial charge in [-0.15, -0.1) is 0 Å². The Labute approximate surface area is 159 Å². The minimum absolute atomic E-state index is 0.108. The van der Waals surface area contributed by atoms with Crippen molar-refractivity contribution < 1.29 is 18.0 Å². The smallest absolute Gasteiger partial charge is 0.240 e. The van der Waals surface area contributed by atoms with Crippen molar-refractivity contribution in [3.8, 4) is 0 Å². The Bertz CT molecular complexity index is 908. The number of nitrogens with one attached hydrogen (secondary N) is 1. The number of benzene rings is 2. The number of sulfonamides is 1. The van der Waals surface area contributed by atoms with Gasteiger partial charge in [-0.25, -0.2) is 13.1 Å². The first kappa shape index (κ1) is 19.3. The summed E-state index contributed by atoms with van der Waals surface area (Å²) in [5.41, 5.74) is 1.56. The quantitative estimate of drug-likeness (QED) is 0.742. The normalized spacial score (nSPS) is 16.0. The number of carbonyl (C=O) groups excluding carboxylic acids is 2. The van der Waals surface area contributed by atoms with Crippen LogP contribution in [-0.4, -0.2) is 26.3 Å². The molecule has 1 saturated heterocycles. The molecule has 2 aromatic rings. The maximum Gasteiger partial charge on any atom is 0.240 e. The molecule has 1 fully saturated rings. The highest BCUT2D eigenvalue weighted by atomic mass is 32.2. The predicted molar refractivity (Wildman–Crippen MR) is 103 cm³/mol. The van der Waals surface area contributed by atoms with Crippen molar-refractivity contribution >= 4 is 27.5 Å². The second-order valence-electron chi connectivity index (χ2n) is 6.66. The largest absolute Gasteiger partial charge is 0.274 e. The van der Waals surface area contributed by atoms with Gasteiger partial charge in [-0.1, -0.05) is 30.3 Å². The van der Waals surface area contributed by atoms with Crippen molar-refractivity contribution in [3.05, 3.63) is 60.2 Å². The summed E-state index contributed by atoms with van der Waals surface area (Å²) >= 11 is 0. The van der Waals surface area contributed by atoms with Crippen LogP contribution in [0.4, 0.5) is 5.69 Å². The van der Waals surface area contributed by atoms with Gasteiger partial charge in [0, 0.05) is 18.9 Å². The van der Waals surface area contributed by atoms with Crippen LogP contribution in [0.5, 0.6) is 0 Å². The second kappa shape index (κ2) is 8.02. The molecule has 2 aromatic carbocycles. The molecule has 2 amide bonds. The Morgan fingerprint density at radius 2 is 1.56 bits per heavy atom. The number of amides is 2. The van der Waals surface area contributed by atoms with Crippen molar-refractivity contribution in [1.82, 2.24) is 4.72 Å². The van der Waals surface area contributed by atoms with Crippen molar-refractivity contribution in [2.75, 3.05) is 4.90 Å². The summed E-state index contributed by atoms with van der Waals surface area (Å²) in [6.07, 6.45) is 1.85. The Morgan fingerprint density at radius 1 is 0.963 bits per heavy atom. The van der Waals surface area contributed by atoms with Crippen molar-refractivity contribution in [3.63, 3.8) is 0 Å². The fourth-order valence-electron chi connectivity index (χ4n) is 3.06. The third-order valence-electron chi connectivity index (χ3n) is 4.52. The SMILES string of the molecule is C[C@H](CCc1ccccc1)NS(=O)(=O)c1ccc(N2C(=O)CCC2=O)cc1. The lowest BCUT2D eigenvalue weighted by atomic mass is 10.1. The number of anilines is 1. The molecule has 0 aromatic heterocycles. The molecule has 27 heavy (non-hydrogen) atoms. The van der Waals surface area contributed by atoms with Crippen LogP contribution in [0.1, 0.15) is 31.7 Å². The molecule has 0 bridgehead atoms. The van der Waals surface area contributed by atoms with Gasteiger partial charge in [0.2, 0.25) is 21.8 Å². The molecule has 7 heteroatoms. The van der Waals surface area contributed by atoms with E-state index in [1.165, 1.54) is 24.3 Å². The van der Waals surface area contributed by atoms with Gasteiger partial charge in [-0.3, -0.25) is 14.5 Å². The van der Waals surface area contributed by atoms with Crippen molar-refractivity contribution in [2.24, 2.45) is 0 Å². The van der Waals surface area contributed by atoms with E-state index in [9.17, 15) is 18.0 Å². The zero-order valence-corrected chi connectivity index (χ0v) is 15.9. The summed E-state index contributed by atoms with van der Waals surface area (Å²) in [7, 11) is -3.67. The summed E-state index contributed by atoms with van der Waals surface area (Å²) in [4.78, 5) is 24.8. The fraction of sp³-hybridized carbons (Fsp3) is 0.300. The van der Waals surface area contributed by atoms with E-state index in [2.05, 4.69) is 4.72 Å². The second-order valence-corrected chi connectivity index (χ2v) is 8.38. The standard InChI is InChI=1S/C20H22N2O4S/c1-15(7-8-16-5-3-2-4-6-16)21-27(25,26)18-11-9-17(10-12-18)22-19(23)13-14-20(22)24/h2-6,9-12,15,21H,7-8,13-14H2,1H3/t15-/m1/s1. The molecule has 1 atom stereocenters. The monoisotopic (exact) mass is 386 g/mol. The molecule has 3 rings (SSSR count). The van der Waals surface area contributed by atoms with E-state index in [4.69, 9.17) is 0 Å². The van der Waals surface area contributed by atoms with Crippen LogP contribution in [0.25, 0.3) is 0 Å². The molecular formula is C20H22N2O4S. The first-order chi connectivity index (χ1) is 12.9. The molecule has 142 valence electrons. The number of imide groups is 1. The Hall–Kier alpha value is -2.51. The number of carbonyl (C=O) groups is 2. The molecule has 0 unspecified atom stereocenters. The summed E-state index contributed by atoms with van der Waals surface area (Å²) in [6, 6.07) is 15.5. The van der Waals surface area contributed by atoms with Crippen LogP contribution in [0.3, 0.4) is 0 Å². The van der Waals surface area contributed by atoms with E-state index in [-0.39, 0.29) is 35.6 Å². The summed E-state index contributed by atoms with van der Waals surface area (Å²) in [5, 5.41) is 0. The van der Waals surface area contributed by atoms with Gasteiger partial charge in [0.15, 0.2) is 0 Å². The first-order valence-electron chi connectivity index (χ1n) is 8.89. The Kier molecular flexibility index (Phi) is 5.72. The Morgan fingerprint density at radius 3 is 2.15 bits per heavy atom. The maximum atomic E-state index is 12.6. The molecule has 1 aliphatic rings. The number of hydrogen-bond donors (Lipinski definition) is 1. The van der Waals surface area contributed by atoms with Gasteiger partial charge in [0.25, 0.3) is 0 Å². The molecule has 0 spiro atoms. The van der Waals surface area contributed by atoms with Crippen LogP contribution < -0.4 is 9.62 Å². The third kappa shape index (κ3) is 4.61. The number of hydrogen-bond acceptors (Lipinski definition) is 4. The summed E-state index contributed by atoms with van der Waals surface area (Å²) in [6.45, 7) is 1.83. The van der Waals surface area contributed by atoms with Crippen LogP contribution in [0.15, 0.2) is 59.5 Å². The van der Waals surface area contributed by atoms with Crippen LogP contribution >= 0.6 is 0 Å². The Balaban J connectivity index is 1.64. The van der Waals surface area contributed by atoms with E-state index in [0.717, 1.165) is 16.9 Å². The molecule has 6 nitrogen and oxygen atoms in total.